The molecule has 0 radical (unpaired) electrons. The van der Waals surface area contributed by atoms with E-state index in [9.17, 15) is 0 Å². The van der Waals surface area contributed by atoms with Crippen LogP contribution in [-0.2, 0) is 16.5 Å². The second kappa shape index (κ2) is 10.0. The van der Waals surface area contributed by atoms with Crippen molar-refractivity contribution in [2.24, 2.45) is 13.0 Å². The van der Waals surface area contributed by atoms with E-state index in [1.807, 2.05) is 33.2 Å². The SMILES string of the molecule is C=C(OCC)c1ccc2c3ncc(-c4c(C)nnn4C)cc3n([C@H](c3ccccc3)C3CCOCC3)c2n1. The molecule has 0 N–H and O–H groups in total. The first-order valence-corrected chi connectivity index (χ1v) is 13.2. The highest BCUT2D eigenvalue weighted by molar-refractivity contribution is 6.05. The number of pyridine rings is 2. The molecule has 6 rings (SSSR count). The molecule has 1 fully saturated rings. The Morgan fingerprint density at radius 1 is 1.16 bits per heavy atom. The number of rotatable bonds is 7. The fraction of sp³-hybridized carbons (Fsp3) is 0.333. The van der Waals surface area contributed by atoms with Crippen molar-refractivity contribution in [2.75, 3.05) is 19.8 Å². The van der Waals surface area contributed by atoms with Crippen molar-refractivity contribution >= 4 is 27.8 Å². The number of nitrogens with zero attached hydrogens (tertiary/aromatic N) is 6. The van der Waals surface area contributed by atoms with Crippen LogP contribution in [0.1, 0.15) is 42.8 Å². The average Bonchev–Trinajstić information content (AvgIpc) is 3.45. The van der Waals surface area contributed by atoms with E-state index in [0.717, 1.165) is 70.8 Å². The summed E-state index contributed by atoms with van der Waals surface area (Å²) in [7, 11) is 1.91. The molecule has 5 heterocycles. The minimum Gasteiger partial charge on any atom is -0.492 e. The molecule has 4 aromatic heterocycles. The van der Waals surface area contributed by atoms with Crippen LogP contribution in [0.2, 0.25) is 0 Å². The molecule has 0 aliphatic carbocycles. The highest BCUT2D eigenvalue weighted by Crippen LogP contribution is 2.41. The summed E-state index contributed by atoms with van der Waals surface area (Å²) in [5, 5.41) is 9.50. The van der Waals surface area contributed by atoms with Gasteiger partial charge in [0, 0.05) is 37.4 Å². The summed E-state index contributed by atoms with van der Waals surface area (Å²) in [4.78, 5) is 10.1. The van der Waals surface area contributed by atoms with Crippen LogP contribution in [0.15, 0.2) is 61.3 Å². The van der Waals surface area contributed by atoms with Crippen molar-refractivity contribution in [3.05, 3.63) is 78.3 Å². The zero-order valence-electron chi connectivity index (χ0n) is 22.1. The topological polar surface area (TPSA) is 79.9 Å². The zero-order chi connectivity index (χ0) is 26.2. The molecule has 194 valence electrons. The van der Waals surface area contributed by atoms with E-state index >= 15 is 0 Å². The Kier molecular flexibility index (Phi) is 6.41. The molecule has 1 atom stereocenters. The van der Waals surface area contributed by atoms with Gasteiger partial charge in [0.1, 0.15) is 17.1 Å². The first kappa shape index (κ1) is 24.3. The van der Waals surface area contributed by atoms with Gasteiger partial charge in [-0.15, -0.1) is 5.10 Å². The third-order valence-electron chi connectivity index (χ3n) is 7.49. The summed E-state index contributed by atoms with van der Waals surface area (Å²) in [5.74, 6) is 0.952. The lowest BCUT2D eigenvalue weighted by Crippen LogP contribution is -2.27. The summed E-state index contributed by atoms with van der Waals surface area (Å²) in [6.45, 7) is 10.1. The summed E-state index contributed by atoms with van der Waals surface area (Å²) in [6, 6.07) is 17.1. The molecule has 38 heavy (non-hydrogen) atoms. The molecule has 5 aromatic rings. The van der Waals surface area contributed by atoms with E-state index in [1.54, 1.807) is 4.68 Å². The maximum Gasteiger partial charge on any atom is 0.144 e. The van der Waals surface area contributed by atoms with Crippen LogP contribution in [-0.4, -0.2) is 49.3 Å². The lowest BCUT2D eigenvalue weighted by molar-refractivity contribution is 0.0552. The molecular formula is C30H32N6O2. The smallest absolute Gasteiger partial charge is 0.144 e. The van der Waals surface area contributed by atoms with Gasteiger partial charge in [-0.3, -0.25) is 4.98 Å². The predicted octanol–water partition coefficient (Wildman–Crippen LogP) is 5.71. The molecule has 0 bridgehead atoms. The maximum absolute atomic E-state index is 5.77. The molecule has 0 amide bonds. The number of fused-ring (bicyclic) bond motifs is 3. The molecule has 0 saturated carbocycles. The molecule has 1 aromatic carbocycles. The molecule has 8 heteroatoms. The third kappa shape index (κ3) is 4.15. The van der Waals surface area contributed by atoms with Gasteiger partial charge in [0.05, 0.1) is 35.1 Å². The minimum absolute atomic E-state index is 0.0611. The number of aromatic nitrogens is 6. The molecule has 1 saturated heterocycles. The van der Waals surface area contributed by atoms with Crippen molar-refractivity contribution in [1.29, 1.82) is 0 Å². The third-order valence-corrected chi connectivity index (χ3v) is 7.49. The van der Waals surface area contributed by atoms with Gasteiger partial charge in [0.15, 0.2) is 0 Å². The van der Waals surface area contributed by atoms with Crippen LogP contribution in [0.5, 0.6) is 0 Å². The number of benzene rings is 1. The van der Waals surface area contributed by atoms with Crippen molar-refractivity contribution in [2.45, 2.75) is 32.7 Å². The van der Waals surface area contributed by atoms with Crippen LogP contribution in [0.3, 0.4) is 0 Å². The molecule has 1 aliphatic rings. The Labute approximate surface area is 221 Å². The Bertz CT molecular complexity index is 1600. The Morgan fingerprint density at radius 2 is 1.95 bits per heavy atom. The van der Waals surface area contributed by atoms with Crippen molar-refractivity contribution in [1.82, 2.24) is 29.5 Å². The number of hydrogen-bond donors (Lipinski definition) is 0. The number of aryl methyl sites for hydroxylation is 2. The van der Waals surface area contributed by atoms with E-state index in [-0.39, 0.29) is 6.04 Å². The standard InChI is InChI=1S/C30H32N6O2/c1-5-38-20(3)25-12-11-24-27-26(17-23(18-31-27)28-19(2)33-34-35(28)4)36(30(24)32-25)29(21-9-7-6-8-10-21)22-13-15-37-16-14-22/h6-12,17-18,22,29H,3,5,13-16H2,1-2,4H3/t29-/m1/s1. The Hall–Kier alpha value is -4.04. The van der Waals surface area contributed by atoms with Gasteiger partial charge in [0.25, 0.3) is 0 Å². The lowest BCUT2D eigenvalue weighted by atomic mass is 9.86. The van der Waals surface area contributed by atoms with Crippen LogP contribution >= 0.6 is 0 Å². The second-order valence-corrected chi connectivity index (χ2v) is 9.84. The highest BCUT2D eigenvalue weighted by atomic mass is 16.5. The fourth-order valence-corrected chi connectivity index (χ4v) is 5.76. The summed E-state index contributed by atoms with van der Waals surface area (Å²) < 4.78 is 15.7. The summed E-state index contributed by atoms with van der Waals surface area (Å²) in [6.07, 6.45) is 3.87. The van der Waals surface area contributed by atoms with Crippen LogP contribution < -0.4 is 0 Å². The number of ether oxygens (including phenoxy) is 2. The van der Waals surface area contributed by atoms with Gasteiger partial charge in [-0.25, -0.2) is 9.67 Å². The first-order valence-electron chi connectivity index (χ1n) is 13.2. The second-order valence-electron chi connectivity index (χ2n) is 9.84. The molecule has 8 nitrogen and oxygen atoms in total. The van der Waals surface area contributed by atoms with Gasteiger partial charge >= 0.3 is 0 Å². The quantitative estimate of drug-likeness (QED) is 0.262. The minimum atomic E-state index is 0.0611. The van der Waals surface area contributed by atoms with Gasteiger partial charge < -0.3 is 14.0 Å². The van der Waals surface area contributed by atoms with Gasteiger partial charge in [0.2, 0.25) is 0 Å². The number of hydrogen-bond acceptors (Lipinski definition) is 6. The molecule has 1 aliphatic heterocycles. The highest BCUT2D eigenvalue weighted by Gasteiger charge is 2.31. The van der Waals surface area contributed by atoms with Crippen LogP contribution in [0.25, 0.3) is 39.1 Å². The van der Waals surface area contributed by atoms with E-state index in [1.165, 1.54) is 5.56 Å². The van der Waals surface area contributed by atoms with Crippen molar-refractivity contribution < 1.29 is 9.47 Å². The van der Waals surface area contributed by atoms with Gasteiger partial charge in [-0.2, -0.15) is 0 Å². The fourth-order valence-electron chi connectivity index (χ4n) is 5.76. The van der Waals surface area contributed by atoms with Gasteiger partial charge in [-0.05, 0) is 56.4 Å². The molecule has 0 spiro atoms. The Morgan fingerprint density at radius 3 is 2.66 bits per heavy atom. The first-order chi connectivity index (χ1) is 18.6. The predicted molar refractivity (Wildman–Crippen MR) is 149 cm³/mol. The molecule has 0 unspecified atom stereocenters. The van der Waals surface area contributed by atoms with Crippen LogP contribution in [0.4, 0.5) is 0 Å². The zero-order valence-corrected chi connectivity index (χ0v) is 22.1. The van der Waals surface area contributed by atoms with E-state index in [0.29, 0.717) is 18.3 Å². The van der Waals surface area contributed by atoms with Crippen LogP contribution in [0, 0.1) is 12.8 Å². The summed E-state index contributed by atoms with van der Waals surface area (Å²) in [5.41, 5.74) is 7.61. The van der Waals surface area contributed by atoms with E-state index in [2.05, 4.69) is 63.9 Å². The van der Waals surface area contributed by atoms with Crippen molar-refractivity contribution in [3.8, 4) is 11.3 Å². The largest absolute Gasteiger partial charge is 0.492 e. The summed E-state index contributed by atoms with van der Waals surface area (Å²) >= 11 is 0. The van der Waals surface area contributed by atoms with Gasteiger partial charge in [-0.1, -0.05) is 42.1 Å². The normalized spacial score (nSPS) is 15.2. The maximum atomic E-state index is 5.77. The monoisotopic (exact) mass is 508 g/mol. The molecular weight excluding hydrogens is 476 g/mol. The Balaban J connectivity index is 1.67. The van der Waals surface area contributed by atoms with E-state index < -0.39 is 0 Å². The van der Waals surface area contributed by atoms with E-state index in [4.69, 9.17) is 19.4 Å². The lowest BCUT2D eigenvalue weighted by Gasteiger charge is -2.32. The average molecular weight is 509 g/mol. The van der Waals surface area contributed by atoms with Crippen molar-refractivity contribution in [3.63, 3.8) is 0 Å².